The Labute approximate surface area is 97.6 Å². The summed E-state index contributed by atoms with van der Waals surface area (Å²) in [7, 11) is 0. The van der Waals surface area contributed by atoms with E-state index in [0.29, 0.717) is 12.1 Å². The highest BCUT2D eigenvalue weighted by molar-refractivity contribution is 5.00. The minimum atomic E-state index is 0.473. The molecule has 16 heavy (non-hydrogen) atoms. The van der Waals surface area contributed by atoms with Gasteiger partial charge in [0.1, 0.15) is 5.76 Å². The Morgan fingerprint density at radius 1 is 1.62 bits per heavy atom. The van der Waals surface area contributed by atoms with E-state index in [4.69, 9.17) is 4.42 Å². The van der Waals surface area contributed by atoms with Gasteiger partial charge >= 0.3 is 0 Å². The first-order valence-corrected chi connectivity index (χ1v) is 6.25. The van der Waals surface area contributed by atoms with Crippen LogP contribution in [0.15, 0.2) is 22.8 Å². The summed E-state index contributed by atoms with van der Waals surface area (Å²) in [5.74, 6) is 1.86. The van der Waals surface area contributed by atoms with Crippen LogP contribution in [0.5, 0.6) is 0 Å². The van der Waals surface area contributed by atoms with E-state index in [1.807, 2.05) is 12.1 Å². The van der Waals surface area contributed by atoms with Crippen LogP contribution in [0, 0.1) is 5.92 Å². The van der Waals surface area contributed by atoms with Crippen molar-refractivity contribution in [2.45, 2.75) is 38.8 Å². The highest BCUT2D eigenvalue weighted by atomic mass is 16.3. The van der Waals surface area contributed by atoms with Crippen molar-refractivity contribution in [1.82, 2.24) is 10.6 Å². The maximum absolute atomic E-state index is 5.34. The van der Waals surface area contributed by atoms with Gasteiger partial charge in [-0.3, -0.25) is 0 Å². The molecule has 2 N–H and O–H groups in total. The number of hydrogen-bond acceptors (Lipinski definition) is 3. The zero-order valence-electron chi connectivity index (χ0n) is 10.2. The molecule has 2 heterocycles. The molecule has 1 fully saturated rings. The van der Waals surface area contributed by atoms with Gasteiger partial charge in [-0.2, -0.15) is 0 Å². The lowest BCUT2D eigenvalue weighted by Gasteiger charge is -2.19. The van der Waals surface area contributed by atoms with Crippen molar-refractivity contribution >= 4 is 0 Å². The molecular formula is C13H22N2O. The first-order chi connectivity index (χ1) is 7.75. The third kappa shape index (κ3) is 3.09. The van der Waals surface area contributed by atoms with Crippen molar-refractivity contribution in [1.29, 1.82) is 0 Å². The fraction of sp³-hybridized carbons (Fsp3) is 0.692. The molecule has 3 heteroatoms. The van der Waals surface area contributed by atoms with Crippen LogP contribution in [-0.4, -0.2) is 25.2 Å². The average Bonchev–Trinajstić information content (AvgIpc) is 2.87. The summed E-state index contributed by atoms with van der Waals surface area (Å²) in [6.07, 6.45) is 4.01. The molecule has 90 valence electrons. The monoisotopic (exact) mass is 222 g/mol. The molecule has 3 atom stereocenters. The van der Waals surface area contributed by atoms with Gasteiger partial charge in [0.15, 0.2) is 0 Å². The number of rotatable bonds is 5. The highest BCUT2D eigenvalue weighted by Crippen LogP contribution is 2.13. The molecule has 0 amide bonds. The van der Waals surface area contributed by atoms with E-state index < -0.39 is 0 Å². The van der Waals surface area contributed by atoms with Gasteiger partial charge in [-0.15, -0.1) is 0 Å². The van der Waals surface area contributed by atoms with E-state index in [9.17, 15) is 0 Å². The van der Waals surface area contributed by atoms with E-state index in [-0.39, 0.29) is 0 Å². The lowest BCUT2D eigenvalue weighted by molar-refractivity contribution is 0.403. The van der Waals surface area contributed by atoms with Crippen molar-refractivity contribution in [3.05, 3.63) is 24.2 Å². The highest BCUT2D eigenvalue weighted by Gasteiger charge is 2.22. The maximum atomic E-state index is 5.34. The fourth-order valence-electron chi connectivity index (χ4n) is 2.30. The SMILES string of the molecule is CC(Cc1ccco1)NCC1NCCC1C. The van der Waals surface area contributed by atoms with Gasteiger partial charge in [0.05, 0.1) is 6.26 Å². The lowest BCUT2D eigenvalue weighted by Crippen LogP contribution is -2.41. The summed E-state index contributed by atoms with van der Waals surface area (Å²) in [5.41, 5.74) is 0. The quantitative estimate of drug-likeness (QED) is 0.797. The van der Waals surface area contributed by atoms with Crippen LogP contribution >= 0.6 is 0 Å². The van der Waals surface area contributed by atoms with E-state index in [2.05, 4.69) is 24.5 Å². The van der Waals surface area contributed by atoms with Crippen molar-refractivity contribution in [2.24, 2.45) is 5.92 Å². The summed E-state index contributed by atoms with van der Waals surface area (Å²) in [6.45, 7) is 6.76. The molecule has 1 saturated heterocycles. The smallest absolute Gasteiger partial charge is 0.105 e. The number of nitrogens with one attached hydrogen (secondary N) is 2. The minimum Gasteiger partial charge on any atom is -0.469 e. The van der Waals surface area contributed by atoms with Gasteiger partial charge in [0.2, 0.25) is 0 Å². The third-order valence-electron chi connectivity index (χ3n) is 3.47. The summed E-state index contributed by atoms with van der Waals surface area (Å²) in [6, 6.07) is 5.09. The topological polar surface area (TPSA) is 37.2 Å². The van der Waals surface area contributed by atoms with Crippen molar-refractivity contribution in [2.75, 3.05) is 13.1 Å². The van der Waals surface area contributed by atoms with Gasteiger partial charge in [-0.1, -0.05) is 6.92 Å². The van der Waals surface area contributed by atoms with Gasteiger partial charge in [0, 0.05) is 25.0 Å². The molecule has 0 aromatic carbocycles. The van der Waals surface area contributed by atoms with E-state index in [1.165, 1.54) is 13.0 Å². The van der Waals surface area contributed by atoms with Gasteiger partial charge < -0.3 is 15.1 Å². The van der Waals surface area contributed by atoms with E-state index >= 15 is 0 Å². The fourth-order valence-corrected chi connectivity index (χ4v) is 2.30. The first-order valence-electron chi connectivity index (χ1n) is 6.25. The zero-order valence-corrected chi connectivity index (χ0v) is 10.2. The Hall–Kier alpha value is -0.800. The Bertz CT molecular complexity index is 297. The molecule has 0 bridgehead atoms. The average molecular weight is 222 g/mol. The molecule has 0 spiro atoms. The largest absolute Gasteiger partial charge is 0.469 e. The molecule has 2 rings (SSSR count). The Kier molecular flexibility index (Phi) is 4.02. The van der Waals surface area contributed by atoms with Gasteiger partial charge in [0.25, 0.3) is 0 Å². The Balaban J connectivity index is 1.69. The standard InChI is InChI=1S/C13H22N2O/c1-10-5-6-14-13(10)9-15-11(2)8-12-4-3-7-16-12/h3-4,7,10-11,13-15H,5-6,8-9H2,1-2H3. The second-order valence-corrected chi connectivity index (χ2v) is 4.92. The predicted molar refractivity (Wildman–Crippen MR) is 65.4 cm³/mol. The Morgan fingerprint density at radius 3 is 3.12 bits per heavy atom. The van der Waals surface area contributed by atoms with Crippen LogP contribution < -0.4 is 10.6 Å². The first kappa shape index (κ1) is 11.7. The summed E-state index contributed by atoms with van der Waals surface area (Å²) < 4.78 is 5.34. The van der Waals surface area contributed by atoms with Crippen LogP contribution in [0.1, 0.15) is 26.0 Å². The summed E-state index contributed by atoms with van der Waals surface area (Å²) in [4.78, 5) is 0. The van der Waals surface area contributed by atoms with Crippen molar-refractivity contribution in [3.63, 3.8) is 0 Å². The van der Waals surface area contributed by atoms with Crippen LogP contribution in [0.3, 0.4) is 0 Å². The molecule has 1 aliphatic heterocycles. The summed E-state index contributed by atoms with van der Waals surface area (Å²) >= 11 is 0. The third-order valence-corrected chi connectivity index (χ3v) is 3.47. The molecule has 0 saturated carbocycles. The zero-order chi connectivity index (χ0) is 11.4. The maximum Gasteiger partial charge on any atom is 0.105 e. The van der Waals surface area contributed by atoms with Crippen molar-refractivity contribution in [3.8, 4) is 0 Å². The molecule has 3 nitrogen and oxygen atoms in total. The predicted octanol–water partition coefficient (Wildman–Crippen LogP) is 1.80. The second kappa shape index (κ2) is 5.51. The molecule has 3 unspecified atom stereocenters. The molecule has 0 aliphatic carbocycles. The van der Waals surface area contributed by atoms with Crippen molar-refractivity contribution < 1.29 is 4.42 Å². The number of furan rings is 1. The van der Waals surface area contributed by atoms with Gasteiger partial charge in [-0.05, 0) is 37.9 Å². The van der Waals surface area contributed by atoms with Crippen LogP contribution in [0.25, 0.3) is 0 Å². The minimum absolute atomic E-state index is 0.473. The van der Waals surface area contributed by atoms with E-state index in [0.717, 1.165) is 24.6 Å². The molecule has 1 aromatic heterocycles. The normalized spacial score (nSPS) is 27.1. The van der Waals surface area contributed by atoms with Crippen LogP contribution in [-0.2, 0) is 6.42 Å². The second-order valence-electron chi connectivity index (χ2n) is 4.92. The van der Waals surface area contributed by atoms with Crippen LogP contribution in [0.4, 0.5) is 0 Å². The van der Waals surface area contributed by atoms with Gasteiger partial charge in [-0.25, -0.2) is 0 Å². The Morgan fingerprint density at radius 2 is 2.50 bits per heavy atom. The summed E-state index contributed by atoms with van der Waals surface area (Å²) in [5, 5.41) is 7.11. The molecular weight excluding hydrogens is 200 g/mol. The lowest BCUT2D eigenvalue weighted by atomic mass is 10.0. The van der Waals surface area contributed by atoms with E-state index in [1.54, 1.807) is 6.26 Å². The molecule has 0 radical (unpaired) electrons. The molecule has 1 aliphatic rings. The molecule has 1 aromatic rings. The van der Waals surface area contributed by atoms with Crippen LogP contribution in [0.2, 0.25) is 0 Å². The number of hydrogen-bond donors (Lipinski definition) is 2.